The Hall–Kier alpha value is -1.25. The minimum absolute atomic E-state index is 0.0106. The lowest BCUT2D eigenvalue weighted by atomic mass is 10.4. The highest BCUT2D eigenvalue weighted by Crippen LogP contribution is 2.20. The molecule has 1 heterocycles. The van der Waals surface area contributed by atoms with Crippen LogP contribution in [-0.2, 0) is 14.2 Å². The van der Waals surface area contributed by atoms with Crippen molar-refractivity contribution in [1.82, 2.24) is 10.2 Å². The van der Waals surface area contributed by atoms with Gasteiger partial charge in [-0.05, 0) is 20.8 Å². The maximum atomic E-state index is 11.7. The number of aromatic amines is 2. The molecule has 0 spiro atoms. The molecular weight excluding hydrogens is 284 g/mol. The average Bonchev–Trinajstić information content (AvgIpc) is 2.78. The molecule has 1 aromatic rings. The molecule has 0 aromatic carbocycles. The fourth-order valence-electron chi connectivity index (χ4n) is 1.51. The monoisotopic (exact) mass is 304 g/mol. The van der Waals surface area contributed by atoms with Gasteiger partial charge in [0.15, 0.2) is 11.9 Å². The summed E-state index contributed by atoms with van der Waals surface area (Å²) < 4.78 is 15.6. The van der Waals surface area contributed by atoms with Crippen LogP contribution < -0.4 is 5.56 Å². The zero-order valence-electron chi connectivity index (χ0n) is 11.9. The quantitative estimate of drug-likeness (QED) is 0.406. The van der Waals surface area contributed by atoms with Gasteiger partial charge in [-0.25, -0.2) is 4.79 Å². The summed E-state index contributed by atoms with van der Waals surface area (Å²) in [6, 6.07) is 0. The Morgan fingerprint density at radius 3 is 2.35 bits per heavy atom. The van der Waals surface area contributed by atoms with Crippen LogP contribution in [-0.4, -0.2) is 48.0 Å². The first-order valence-corrected chi connectivity index (χ1v) is 7.46. The van der Waals surface area contributed by atoms with E-state index in [1.807, 2.05) is 13.8 Å². The standard InChI is InChI=1S/C12H20N2O5S/c1-4-17-8(18-5-2)7-20-11-9(10(15)13-14-11)12(16)19-6-3/h8H,4-7H2,1-3H3,(H2,13,14,15). The van der Waals surface area contributed by atoms with E-state index in [1.165, 1.54) is 11.8 Å². The Labute approximate surface area is 121 Å². The topological polar surface area (TPSA) is 93.4 Å². The lowest BCUT2D eigenvalue weighted by molar-refractivity contribution is -0.120. The van der Waals surface area contributed by atoms with Crippen LogP contribution >= 0.6 is 11.8 Å². The van der Waals surface area contributed by atoms with Crippen molar-refractivity contribution in [2.75, 3.05) is 25.6 Å². The fourth-order valence-corrected chi connectivity index (χ4v) is 2.44. The maximum absolute atomic E-state index is 11.7. The Balaban J connectivity index is 2.72. The van der Waals surface area contributed by atoms with E-state index in [1.54, 1.807) is 6.92 Å². The number of hydrogen-bond donors (Lipinski definition) is 2. The van der Waals surface area contributed by atoms with E-state index in [0.29, 0.717) is 24.0 Å². The van der Waals surface area contributed by atoms with E-state index in [0.717, 1.165) is 0 Å². The molecule has 0 saturated heterocycles. The molecule has 2 N–H and O–H groups in total. The van der Waals surface area contributed by atoms with E-state index >= 15 is 0 Å². The van der Waals surface area contributed by atoms with E-state index in [9.17, 15) is 9.59 Å². The van der Waals surface area contributed by atoms with Crippen LogP contribution in [0.4, 0.5) is 0 Å². The molecule has 0 aliphatic carbocycles. The van der Waals surface area contributed by atoms with Crippen molar-refractivity contribution >= 4 is 17.7 Å². The number of nitrogens with one attached hydrogen (secondary N) is 2. The van der Waals surface area contributed by atoms with Gasteiger partial charge < -0.3 is 14.2 Å². The lowest BCUT2D eigenvalue weighted by Crippen LogP contribution is -2.20. The summed E-state index contributed by atoms with van der Waals surface area (Å²) in [6.07, 6.45) is -0.386. The van der Waals surface area contributed by atoms with E-state index in [-0.39, 0.29) is 18.5 Å². The largest absolute Gasteiger partial charge is 0.462 e. The molecule has 0 saturated carbocycles. The maximum Gasteiger partial charge on any atom is 0.346 e. The fraction of sp³-hybridized carbons (Fsp3) is 0.667. The second-order valence-corrected chi connectivity index (χ2v) is 4.69. The number of H-pyrrole nitrogens is 2. The predicted octanol–water partition coefficient (Wildman–Crippen LogP) is 1.37. The van der Waals surface area contributed by atoms with Gasteiger partial charge in [-0.2, -0.15) is 0 Å². The molecule has 0 aliphatic heterocycles. The molecule has 0 aliphatic rings. The van der Waals surface area contributed by atoms with Gasteiger partial charge in [-0.1, -0.05) is 0 Å². The highest BCUT2D eigenvalue weighted by molar-refractivity contribution is 7.99. The van der Waals surface area contributed by atoms with Crippen LogP contribution in [0.2, 0.25) is 0 Å². The van der Waals surface area contributed by atoms with Gasteiger partial charge in [0.25, 0.3) is 5.56 Å². The third kappa shape index (κ3) is 4.69. The molecule has 0 bridgehead atoms. The summed E-state index contributed by atoms with van der Waals surface area (Å²) >= 11 is 1.27. The van der Waals surface area contributed by atoms with Gasteiger partial charge in [0.2, 0.25) is 0 Å². The van der Waals surface area contributed by atoms with Gasteiger partial charge in [0.05, 0.1) is 12.4 Å². The third-order valence-corrected chi connectivity index (χ3v) is 3.33. The molecule has 0 amide bonds. The first kappa shape index (κ1) is 16.8. The molecule has 0 atom stereocenters. The third-order valence-electron chi connectivity index (χ3n) is 2.29. The molecule has 7 nitrogen and oxygen atoms in total. The van der Waals surface area contributed by atoms with Crippen LogP contribution in [0.1, 0.15) is 31.1 Å². The van der Waals surface area contributed by atoms with Crippen LogP contribution in [0.15, 0.2) is 9.82 Å². The van der Waals surface area contributed by atoms with E-state index in [4.69, 9.17) is 14.2 Å². The van der Waals surface area contributed by atoms with Gasteiger partial charge in [0, 0.05) is 13.2 Å². The van der Waals surface area contributed by atoms with Gasteiger partial charge in [0.1, 0.15) is 5.03 Å². The summed E-state index contributed by atoms with van der Waals surface area (Å²) in [5.74, 6) is -0.177. The van der Waals surface area contributed by atoms with Crippen molar-refractivity contribution in [3.8, 4) is 0 Å². The van der Waals surface area contributed by atoms with Crippen molar-refractivity contribution in [3.63, 3.8) is 0 Å². The number of ether oxygens (including phenoxy) is 3. The Bertz CT molecular complexity index is 465. The molecule has 1 aromatic heterocycles. The number of hydrogen-bond acceptors (Lipinski definition) is 6. The van der Waals surface area contributed by atoms with Crippen LogP contribution in [0.5, 0.6) is 0 Å². The highest BCUT2D eigenvalue weighted by Gasteiger charge is 2.21. The number of rotatable bonds is 9. The second kappa shape index (κ2) is 8.83. The van der Waals surface area contributed by atoms with Crippen molar-refractivity contribution in [3.05, 3.63) is 15.9 Å². The van der Waals surface area contributed by atoms with Crippen molar-refractivity contribution in [2.45, 2.75) is 32.1 Å². The first-order chi connectivity index (χ1) is 9.63. The zero-order chi connectivity index (χ0) is 15.0. The number of esters is 1. The lowest BCUT2D eigenvalue weighted by Gasteiger charge is -2.15. The van der Waals surface area contributed by atoms with Crippen LogP contribution in [0.3, 0.4) is 0 Å². The smallest absolute Gasteiger partial charge is 0.346 e. The zero-order valence-corrected chi connectivity index (χ0v) is 12.7. The second-order valence-electron chi connectivity index (χ2n) is 3.65. The van der Waals surface area contributed by atoms with Gasteiger partial charge in [-0.15, -0.1) is 11.8 Å². The molecule has 20 heavy (non-hydrogen) atoms. The Kier molecular flexibility index (Phi) is 7.42. The highest BCUT2D eigenvalue weighted by atomic mass is 32.2. The normalized spacial score (nSPS) is 11.0. The molecule has 0 fully saturated rings. The molecule has 0 radical (unpaired) electrons. The number of carbonyl (C=O) groups excluding carboxylic acids is 1. The van der Waals surface area contributed by atoms with Crippen molar-refractivity contribution in [1.29, 1.82) is 0 Å². The molecule has 8 heteroatoms. The molecule has 0 unspecified atom stereocenters. The Morgan fingerprint density at radius 1 is 1.15 bits per heavy atom. The summed E-state index contributed by atoms with van der Waals surface area (Å²) in [4.78, 5) is 23.3. The Morgan fingerprint density at radius 2 is 1.80 bits per heavy atom. The number of aromatic nitrogens is 2. The summed E-state index contributed by atoms with van der Waals surface area (Å²) in [7, 11) is 0. The molecule has 1 rings (SSSR count). The summed E-state index contributed by atoms with van der Waals surface area (Å²) in [5, 5.41) is 5.48. The predicted molar refractivity (Wildman–Crippen MR) is 75.1 cm³/mol. The average molecular weight is 304 g/mol. The minimum atomic E-state index is -0.637. The molecular formula is C12H20N2O5S. The number of thioether (sulfide) groups is 1. The summed E-state index contributed by atoms with van der Waals surface area (Å²) in [5.41, 5.74) is -0.501. The summed E-state index contributed by atoms with van der Waals surface area (Å²) in [6.45, 7) is 6.71. The van der Waals surface area contributed by atoms with E-state index in [2.05, 4.69) is 10.2 Å². The van der Waals surface area contributed by atoms with Crippen LogP contribution in [0, 0.1) is 0 Å². The van der Waals surface area contributed by atoms with Crippen LogP contribution in [0.25, 0.3) is 0 Å². The first-order valence-electron chi connectivity index (χ1n) is 6.47. The van der Waals surface area contributed by atoms with Gasteiger partial charge >= 0.3 is 5.97 Å². The SMILES string of the molecule is CCOC(=O)c1c(SCC(OCC)OCC)[nH][nH]c1=O. The van der Waals surface area contributed by atoms with Crippen molar-refractivity contribution < 1.29 is 19.0 Å². The molecule has 114 valence electrons. The van der Waals surface area contributed by atoms with Gasteiger partial charge in [-0.3, -0.25) is 15.0 Å². The number of carbonyl (C=O) groups is 1. The van der Waals surface area contributed by atoms with Crippen molar-refractivity contribution in [2.24, 2.45) is 0 Å². The van der Waals surface area contributed by atoms with E-state index < -0.39 is 11.5 Å². The minimum Gasteiger partial charge on any atom is -0.462 e.